The van der Waals surface area contributed by atoms with E-state index in [1.165, 1.54) is 56.3 Å². The molecule has 1 aliphatic heterocycles. The Morgan fingerprint density at radius 3 is 2.29 bits per heavy atom. The molecule has 1 heterocycles. The number of nitriles is 1. The van der Waals surface area contributed by atoms with Crippen LogP contribution < -0.4 is 4.90 Å². The molecule has 35 heavy (non-hydrogen) atoms. The Hall–Kier alpha value is -4.33. The van der Waals surface area contributed by atoms with Gasteiger partial charge in [-0.05, 0) is 42.8 Å². The number of halogens is 3. The molecule has 8 nitrogen and oxygen atoms in total. The van der Waals surface area contributed by atoms with Crippen molar-refractivity contribution >= 4 is 23.6 Å². The van der Waals surface area contributed by atoms with Crippen molar-refractivity contribution in [3.8, 4) is 6.07 Å². The average Bonchev–Trinajstić information content (AvgIpc) is 2.80. The van der Waals surface area contributed by atoms with Gasteiger partial charge in [-0.3, -0.25) is 9.69 Å². The Bertz CT molecular complexity index is 1250. The normalized spacial score (nSPS) is 16.3. The molecular weight excluding hydrogens is 465 g/mol. The summed E-state index contributed by atoms with van der Waals surface area (Å²) in [5, 5.41) is 19.2. The number of allylic oxidation sites excluding steroid dienone is 1. The van der Waals surface area contributed by atoms with Crippen LogP contribution in [0, 0.1) is 11.3 Å². The Labute approximate surface area is 199 Å². The third kappa shape index (κ3) is 4.96. The predicted octanol–water partition coefficient (Wildman–Crippen LogP) is 4.01. The lowest BCUT2D eigenvalue weighted by atomic mass is 9.92. The minimum absolute atomic E-state index is 0.0928. The molecule has 2 aromatic carbocycles. The molecule has 3 amide bonds. The number of carbonyl (C=O) groups is 3. The number of amides is 3. The van der Waals surface area contributed by atoms with Crippen molar-refractivity contribution in [3.63, 3.8) is 0 Å². The van der Waals surface area contributed by atoms with Crippen molar-refractivity contribution in [1.82, 2.24) is 9.80 Å². The SMILES string of the molecule is CC1=C(C(=O)O)[C@@H](c2ccc(C#N)cc2)N(CC(=O)N(C)C)C(=O)N1c1cccc(C(F)(F)F)c1. The van der Waals surface area contributed by atoms with E-state index >= 15 is 0 Å². The predicted molar refractivity (Wildman–Crippen MR) is 119 cm³/mol. The summed E-state index contributed by atoms with van der Waals surface area (Å²) in [6.45, 7) is 0.791. The lowest BCUT2D eigenvalue weighted by Gasteiger charge is -2.42. The van der Waals surface area contributed by atoms with Crippen LogP contribution in [-0.2, 0) is 15.8 Å². The van der Waals surface area contributed by atoms with Gasteiger partial charge < -0.3 is 14.9 Å². The van der Waals surface area contributed by atoms with Gasteiger partial charge in [-0.25, -0.2) is 9.59 Å². The van der Waals surface area contributed by atoms with Crippen molar-refractivity contribution in [1.29, 1.82) is 5.26 Å². The first-order chi connectivity index (χ1) is 16.4. The molecular formula is C24H21F3N4O4. The van der Waals surface area contributed by atoms with Gasteiger partial charge in [0.15, 0.2) is 0 Å². The van der Waals surface area contributed by atoms with Crippen LogP contribution in [0.1, 0.15) is 29.7 Å². The van der Waals surface area contributed by atoms with E-state index in [1.54, 1.807) is 0 Å². The summed E-state index contributed by atoms with van der Waals surface area (Å²) in [5.41, 5.74) is -0.971. The van der Waals surface area contributed by atoms with Gasteiger partial charge >= 0.3 is 18.2 Å². The molecule has 2 aromatic rings. The zero-order valence-electron chi connectivity index (χ0n) is 19.0. The lowest BCUT2D eigenvalue weighted by molar-refractivity contribution is -0.137. The van der Waals surface area contributed by atoms with Crippen LogP contribution in [0.4, 0.5) is 23.7 Å². The molecule has 1 atom stereocenters. The minimum Gasteiger partial charge on any atom is -0.478 e. The maximum atomic E-state index is 13.7. The number of carbonyl (C=O) groups excluding carboxylic acids is 2. The lowest BCUT2D eigenvalue weighted by Crippen LogP contribution is -2.53. The topological polar surface area (TPSA) is 105 Å². The fourth-order valence-corrected chi connectivity index (χ4v) is 3.79. The second-order valence-electron chi connectivity index (χ2n) is 8.02. The summed E-state index contributed by atoms with van der Waals surface area (Å²) in [6.07, 6.45) is -4.69. The number of likely N-dealkylation sites (N-methyl/N-ethyl adjacent to an activating group) is 1. The number of rotatable bonds is 5. The van der Waals surface area contributed by atoms with Crippen LogP contribution in [-0.4, -0.2) is 53.5 Å². The van der Waals surface area contributed by atoms with E-state index in [1.807, 2.05) is 6.07 Å². The number of aliphatic carboxylic acids is 1. The molecule has 0 aliphatic carbocycles. The van der Waals surface area contributed by atoms with Crippen LogP contribution in [0.5, 0.6) is 0 Å². The molecule has 1 N–H and O–H groups in total. The first kappa shape index (κ1) is 25.3. The van der Waals surface area contributed by atoms with E-state index in [2.05, 4.69) is 0 Å². The summed E-state index contributed by atoms with van der Waals surface area (Å²) in [5.74, 6) is -1.94. The molecule has 1 aliphatic rings. The van der Waals surface area contributed by atoms with Crippen LogP contribution in [0.25, 0.3) is 0 Å². The van der Waals surface area contributed by atoms with Gasteiger partial charge in [-0.2, -0.15) is 18.4 Å². The third-order valence-corrected chi connectivity index (χ3v) is 5.57. The van der Waals surface area contributed by atoms with Crippen molar-refractivity contribution in [2.24, 2.45) is 0 Å². The smallest absolute Gasteiger partial charge is 0.416 e. The quantitative estimate of drug-likeness (QED) is 0.688. The van der Waals surface area contributed by atoms with E-state index in [4.69, 9.17) is 5.26 Å². The van der Waals surface area contributed by atoms with E-state index in [-0.39, 0.29) is 17.0 Å². The summed E-state index contributed by atoms with van der Waals surface area (Å²) < 4.78 is 40.0. The van der Waals surface area contributed by atoms with Crippen molar-refractivity contribution in [2.45, 2.75) is 19.1 Å². The Balaban J connectivity index is 2.26. The third-order valence-electron chi connectivity index (χ3n) is 5.57. The summed E-state index contributed by atoms with van der Waals surface area (Å²) in [7, 11) is 2.91. The molecule has 11 heteroatoms. The first-order valence-electron chi connectivity index (χ1n) is 10.3. The van der Waals surface area contributed by atoms with Gasteiger partial charge in [0.2, 0.25) is 5.91 Å². The number of carboxylic acid groups (broad SMARTS) is 1. The second-order valence-corrected chi connectivity index (χ2v) is 8.02. The van der Waals surface area contributed by atoms with E-state index in [0.717, 1.165) is 28.0 Å². The van der Waals surface area contributed by atoms with Crippen LogP contribution >= 0.6 is 0 Å². The van der Waals surface area contributed by atoms with Crippen molar-refractivity contribution in [3.05, 3.63) is 76.5 Å². The van der Waals surface area contributed by atoms with Gasteiger partial charge in [-0.15, -0.1) is 0 Å². The van der Waals surface area contributed by atoms with Gasteiger partial charge in [0, 0.05) is 19.8 Å². The van der Waals surface area contributed by atoms with Crippen molar-refractivity contribution < 1.29 is 32.7 Å². The Kier molecular flexibility index (Phi) is 6.87. The monoisotopic (exact) mass is 486 g/mol. The van der Waals surface area contributed by atoms with Gasteiger partial charge in [-0.1, -0.05) is 18.2 Å². The number of nitrogens with zero attached hydrogens (tertiary/aromatic N) is 4. The summed E-state index contributed by atoms with van der Waals surface area (Å²) >= 11 is 0. The summed E-state index contributed by atoms with van der Waals surface area (Å²) in [4.78, 5) is 41.7. The van der Waals surface area contributed by atoms with Gasteiger partial charge in [0.25, 0.3) is 0 Å². The first-order valence-corrected chi connectivity index (χ1v) is 10.3. The molecule has 0 aromatic heterocycles. The molecule has 0 bridgehead atoms. The number of benzene rings is 2. The highest BCUT2D eigenvalue weighted by Gasteiger charge is 2.43. The van der Waals surface area contributed by atoms with Crippen molar-refractivity contribution in [2.75, 3.05) is 25.5 Å². The Morgan fingerprint density at radius 2 is 1.77 bits per heavy atom. The average molecular weight is 486 g/mol. The molecule has 0 saturated carbocycles. The zero-order chi connectivity index (χ0) is 26.1. The number of hydrogen-bond donors (Lipinski definition) is 1. The number of anilines is 1. The van der Waals surface area contributed by atoms with Gasteiger partial charge in [0.1, 0.15) is 6.54 Å². The largest absolute Gasteiger partial charge is 0.478 e. The molecule has 0 radical (unpaired) electrons. The van der Waals surface area contributed by atoms with E-state index < -0.39 is 42.2 Å². The van der Waals surface area contributed by atoms with Gasteiger partial charge in [0.05, 0.1) is 34.5 Å². The number of hydrogen-bond acceptors (Lipinski definition) is 4. The highest BCUT2D eigenvalue weighted by Crippen LogP contribution is 2.40. The highest BCUT2D eigenvalue weighted by molar-refractivity contribution is 6.04. The second kappa shape index (κ2) is 9.50. The molecule has 0 unspecified atom stereocenters. The molecule has 0 spiro atoms. The Morgan fingerprint density at radius 1 is 1.14 bits per heavy atom. The number of carboxylic acids is 1. The fourth-order valence-electron chi connectivity index (χ4n) is 3.79. The molecule has 182 valence electrons. The van der Waals surface area contributed by atoms with Crippen LogP contribution in [0.15, 0.2) is 59.8 Å². The maximum Gasteiger partial charge on any atom is 0.416 e. The zero-order valence-corrected chi connectivity index (χ0v) is 19.0. The van der Waals surface area contributed by atoms with Crippen LogP contribution in [0.3, 0.4) is 0 Å². The molecule has 3 rings (SSSR count). The fraction of sp³-hybridized carbons (Fsp3) is 0.250. The highest BCUT2D eigenvalue weighted by atomic mass is 19.4. The van der Waals surface area contributed by atoms with Crippen LogP contribution in [0.2, 0.25) is 0 Å². The molecule has 0 fully saturated rings. The maximum absolute atomic E-state index is 13.7. The van der Waals surface area contributed by atoms with E-state index in [9.17, 15) is 32.7 Å². The van der Waals surface area contributed by atoms with E-state index in [0.29, 0.717) is 11.1 Å². The minimum atomic E-state index is -4.69. The summed E-state index contributed by atoms with van der Waals surface area (Å²) in [6, 6.07) is 9.63. The number of urea groups is 1. The number of alkyl halides is 3. The standard InChI is InChI=1S/C24H21F3N4O4/c1-14-20(22(33)34)21(16-9-7-15(12-28)8-10-16)30(13-19(32)29(2)3)23(35)31(14)18-6-4-5-17(11-18)24(25,26)27/h4-11,21H,13H2,1-3H3,(H,33,34)/t21-/m1/s1. The molecule has 0 saturated heterocycles.